The quantitative estimate of drug-likeness (QED) is 0.314. The molecule has 0 atom stereocenters. The van der Waals surface area contributed by atoms with Gasteiger partial charge in [0.1, 0.15) is 18.2 Å². The summed E-state index contributed by atoms with van der Waals surface area (Å²) in [6.45, 7) is 2.76. The van der Waals surface area contributed by atoms with Gasteiger partial charge in [0.15, 0.2) is 11.5 Å². The van der Waals surface area contributed by atoms with E-state index in [4.69, 9.17) is 14.2 Å². The van der Waals surface area contributed by atoms with Crippen LogP contribution in [0.25, 0.3) is 0 Å². The number of hydrogen-bond acceptors (Lipinski definition) is 6. The first kappa shape index (κ1) is 29.9. The van der Waals surface area contributed by atoms with Crippen LogP contribution in [0.5, 0.6) is 11.5 Å². The number of nitrogens with zero attached hydrogens (tertiary/aromatic N) is 2. The van der Waals surface area contributed by atoms with Crippen molar-refractivity contribution < 1.29 is 32.6 Å². The number of benzene rings is 2. The fraction of sp³-hybridized carbons (Fsp3) is 0.357. The highest BCUT2D eigenvalue weighted by atomic mass is 32.1. The molecule has 2 aromatic carbocycles. The summed E-state index contributed by atoms with van der Waals surface area (Å²) in [4.78, 5) is 31.6. The summed E-state index contributed by atoms with van der Waals surface area (Å²) in [6.07, 6.45) is 0.543. The lowest BCUT2D eigenvalue weighted by Crippen LogP contribution is -2.46. The number of thiophene rings is 1. The zero-order valence-electron chi connectivity index (χ0n) is 22.5. The maximum Gasteiger partial charge on any atom is 0.322 e. The van der Waals surface area contributed by atoms with E-state index in [0.717, 1.165) is 27.5 Å². The van der Waals surface area contributed by atoms with Crippen LogP contribution in [-0.2, 0) is 22.5 Å². The summed E-state index contributed by atoms with van der Waals surface area (Å²) in [7, 11) is 4.61. The monoisotopic (exact) mass is 561 g/mol. The summed E-state index contributed by atoms with van der Waals surface area (Å²) < 4.78 is 43.2. The second-order valence-corrected chi connectivity index (χ2v) is 10.1. The summed E-state index contributed by atoms with van der Waals surface area (Å²) >= 11 is 1.59. The normalized spacial score (nSPS) is 10.7. The molecule has 1 heterocycles. The van der Waals surface area contributed by atoms with Crippen LogP contribution in [0.1, 0.15) is 15.3 Å². The van der Waals surface area contributed by atoms with E-state index in [-0.39, 0.29) is 31.3 Å². The summed E-state index contributed by atoms with van der Waals surface area (Å²) in [5, 5.41) is 2.42. The molecule has 0 aliphatic carbocycles. The SMILES string of the molecule is COCCN(CC(=O)N(CCc1ccc(OC)c(OC)c1)Cc1ccc(C)s1)C(=O)Nc1ccc(F)cc1F. The van der Waals surface area contributed by atoms with Crippen LogP contribution in [0.15, 0.2) is 48.5 Å². The molecule has 0 unspecified atom stereocenters. The third-order valence-corrected chi connectivity index (χ3v) is 6.95. The van der Waals surface area contributed by atoms with Crippen LogP contribution in [0.2, 0.25) is 0 Å². The first-order valence-corrected chi connectivity index (χ1v) is 13.1. The number of anilines is 1. The van der Waals surface area contributed by atoms with E-state index in [1.807, 2.05) is 37.3 Å². The van der Waals surface area contributed by atoms with Gasteiger partial charge in [0, 0.05) is 36.0 Å². The van der Waals surface area contributed by atoms with Crippen LogP contribution in [0.4, 0.5) is 19.3 Å². The van der Waals surface area contributed by atoms with Crippen LogP contribution in [-0.4, -0.2) is 69.3 Å². The first-order chi connectivity index (χ1) is 18.7. The van der Waals surface area contributed by atoms with Crippen molar-refractivity contribution in [1.29, 1.82) is 0 Å². The predicted octanol–water partition coefficient (Wildman–Crippen LogP) is 5.10. The Labute approximate surface area is 231 Å². The number of halogens is 2. The van der Waals surface area contributed by atoms with Gasteiger partial charge in [-0.25, -0.2) is 13.6 Å². The molecule has 0 spiro atoms. The Morgan fingerprint density at radius 2 is 1.69 bits per heavy atom. The minimum atomic E-state index is -0.911. The van der Waals surface area contributed by atoms with E-state index in [2.05, 4.69) is 5.32 Å². The Hall–Kier alpha value is -3.70. The van der Waals surface area contributed by atoms with Crippen LogP contribution >= 0.6 is 11.3 Å². The molecule has 0 radical (unpaired) electrons. The van der Waals surface area contributed by atoms with Gasteiger partial charge in [-0.05, 0) is 55.3 Å². The lowest BCUT2D eigenvalue weighted by molar-refractivity contribution is -0.132. The number of urea groups is 1. The van der Waals surface area contributed by atoms with Crippen LogP contribution in [0, 0.1) is 18.6 Å². The highest BCUT2D eigenvalue weighted by Crippen LogP contribution is 2.28. The number of nitrogens with one attached hydrogen (secondary N) is 1. The van der Waals surface area contributed by atoms with Gasteiger partial charge in [-0.15, -0.1) is 11.3 Å². The zero-order chi connectivity index (χ0) is 28.4. The molecule has 8 nitrogen and oxygen atoms in total. The van der Waals surface area contributed by atoms with Crippen molar-refractivity contribution in [2.75, 3.05) is 52.9 Å². The number of ether oxygens (including phenoxy) is 3. The van der Waals surface area contributed by atoms with Gasteiger partial charge in [-0.2, -0.15) is 0 Å². The summed E-state index contributed by atoms with van der Waals surface area (Å²) in [5.41, 5.74) is 0.768. The number of methoxy groups -OCH3 is 3. The van der Waals surface area contributed by atoms with Gasteiger partial charge < -0.3 is 29.3 Å². The van der Waals surface area contributed by atoms with Crippen molar-refractivity contribution in [2.45, 2.75) is 19.9 Å². The summed E-state index contributed by atoms with van der Waals surface area (Å²) in [5.74, 6) is -0.748. The second-order valence-electron chi connectivity index (χ2n) is 8.74. The van der Waals surface area contributed by atoms with Crippen molar-refractivity contribution in [3.63, 3.8) is 0 Å². The van der Waals surface area contributed by atoms with E-state index < -0.39 is 17.7 Å². The second kappa shape index (κ2) is 14.5. The topological polar surface area (TPSA) is 80.3 Å². The number of carbonyl (C=O) groups excluding carboxylic acids is 2. The number of hydrogen-bond donors (Lipinski definition) is 1. The molecule has 210 valence electrons. The molecule has 0 saturated heterocycles. The highest BCUT2D eigenvalue weighted by Gasteiger charge is 2.23. The number of rotatable bonds is 13. The van der Waals surface area contributed by atoms with Gasteiger partial charge in [0.2, 0.25) is 5.91 Å². The Morgan fingerprint density at radius 1 is 0.923 bits per heavy atom. The molecule has 0 aliphatic heterocycles. The zero-order valence-corrected chi connectivity index (χ0v) is 23.3. The highest BCUT2D eigenvalue weighted by molar-refractivity contribution is 7.11. The lowest BCUT2D eigenvalue weighted by atomic mass is 10.1. The molecule has 0 saturated carbocycles. The number of amides is 3. The van der Waals surface area contributed by atoms with Crippen LogP contribution in [0.3, 0.4) is 0 Å². The maximum atomic E-state index is 14.1. The van der Waals surface area contributed by atoms with Gasteiger partial charge >= 0.3 is 6.03 Å². The molecule has 39 heavy (non-hydrogen) atoms. The molecule has 1 aromatic heterocycles. The smallest absolute Gasteiger partial charge is 0.322 e. The number of aryl methyl sites for hydroxylation is 1. The van der Waals surface area contributed by atoms with E-state index in [9.17, 15) is 18.4 Å². The van der Waals surface area contributed by atoms with Gasteiger partial charge in [0.25, 0.3) is 0 Å². The molecule has 3 amide bonds. The molecule has 1 N–H and O–H groups in total. The van der Waals surface area contributed by atoms with E-state index in [1.54, 1.807) is 30.5 Å². The van der Waals surface area contributed by atoms with Crippen molar-refractivity contribution in [3.8, 4) is 11.5 Å². The fourth-order valence-corrected chi connectivity index (χ4v) is 4.76. The molecular weight excluding hydrogens is 528 g/mol. The van der Waals surface area contributed by atoms with Gasteiger partial charge in [-0.3, -0.25) is 4.79 Å². The molecule has 3 rings (SSSR count). The molecule has 11 heteroatoms. The van der Waals surface area contributed by atoms with Gasteiger partial charge in [0.05, 0.1) is 33.1 Å². The van der Waals surface area contributed by atoms with Crippen LogP contribution < -0.4 is 14.8 Å². The predicted molar refractivity (Wildman–Crippen MR) is 147 cm³/mol. The molecule has 3 aromatic rings. The average molecular weight is 562 g/mol. The third-order valence-electron chi connectivity index (χ3n) is 5.97. The van der Waals surface area contributed by atoms with E-state index in [0.29, 0.717) is 37.1 Å². The lowest BCUT2D eigenvalue weighted by Gasteiger charge is -2.28. The minimum Gasteiger partial charge on any atom is -0.493 e. The summed E-state index contributed by atoms with van der Waals surface area (Å²) in [6, 6.07) is 11.7. The van der Waals surface area contributed by atoms with Crippen molar-refractivity contribution >= 4 is 29.0 Å². The Kier molecular flexibility index (Phi) is 11.1. The molecule has 0 aliphatic rings. The fourth-order valence-electron chi connectivity index (χ4n) is 3.85. The Balaban J connectivity index is 1.77. The minimum absolute atomic E-state index is 0.0957. The largest absolute Gasteiger partial charge is 0.493 e. The molecule has 0 bridgehead atoms. The van der Waals surface area contributed by atoms with E-state index in [1.165, 1.54) is 12.0 Å². The standard InChI is InChI=1S/C28H33F2N3O5S/c1-19-5-8-22(39-19)17-32(12-11-20-6-10-25(37-3)26(15-20)38-4)27(34)18-33(13-14-36-2)28(35)31-24-9-7-21(29)16-23(24)30/h5-10,15-16H,11-14,17-18H2,1-4H3,(H,31,35). The Bertz CT molecular complexity index is 1270. The van der Waals surface area contributed by atoms with Crippen molar-refractivity contribution in [2.24, 2.45) is 0 Å². The van der Waals surface area contributed by atoms with Crippen molar-refractivity contribution in [3.05, 3.63) is 75.5 Å². The van der Waals surface area contributed by atoms with Crippen molar-refractivity contribution in [1.82, 2.24) is 9.80 Å². The molecule has 0 fully saturated rings. The average Bonchev–Trinajstić information content (AvgIpc) is 3.34. The van der Waals surface area contributed by atoms with Gasteiger partial charge in [-0.1, -0.05) is 6.07 Å². The number of carbonyl (C=O) groups is 2. The maximum absolute atomic E-state index is 14.1. The molecular formula is C28H33F2N3O5S. The van der Waals surface area contributed by atoms with E-state index >= 15 is 0 Å². The Morgan fingerprint density at radius 3 is 2.33 bits per heavy atom. The third kappa shape index (κ3) is 8.66. The first-order valence-electron chi connectivity index (χ1n) is 12.3.